The molecule has 0 bridgehead atoms. The van der Waals surface area contributed by atoms with Gasteiger partial charge in [-0.15, -0.1) is 0 Å². The van der Waals surface area contributed by atoms with Gasteiger partial charge in [0, 0.05) is 5.69 Å². The van der Waals surface area contributed by atoms with Crippen LogP contribution in [-0.2, 0) is 4.79 Å². The van der Waals surface area contributed by atoms with Gasteiger partial charge in [-0.3, -0.25) is 4.79 Å². The summed E-state index contributed by atoms with van der Waals surface area (Å²) < 4.78 is 0. The summed E-state index contributed by atoms with van der Waals surface area (Å²) in [5.74, 6) is 0.226. The van der Waals surface area contributed by atoms with Crippen molar-refractivity contribution in [2.24, 2.45) is 0 Å². The number of nitrogens with zero attached hydrogens (tertiary/aromatic N) is 1. The zero-order valence-corrected chi connectivity index (χ0v) is 11.1. The van der Waals surface area contributed by atoms with E-state index in [0.29, 0.717) is 5.92 Å². The minimum absolute atomic E-state index is 0.0469. The minimum atomic E-state index is -0.172. The molecule has 0 aliphatic carbocycles. The summed E-state index contributed by atoms with van der Waals surface area (Å²) in [4.78, 5) is 11.4. The highest BCUT2D eigenvalue weighted by atomic mass is 16.1. The number of carbonyl (C=O) groups excluding carboxylic acids is 1. The first-order chi connectivity index (χ1) is 8.56. The Morgan fingerprint density at radius 1 is 1.44 bits per heavy atom. The lowest BCUT2D eigenvalue weighted by Crippen LogP contribution is -2.30. The van der Waals surface area contributed by atoms with Crippen molar-refractivity contribution in [1.82, 2.24) is 5.32 Å². The second-order valence-electron chi connectivity index (χ2n) is 4.48. The van der Waals surface area contributed by atoms with Crippen LogP contribution in [0.5, 0.6) is 0 Å². The van der Waals surface area contributed by atoms with E-state index in [1.54, 1.807) is 0 Å². The van der Waals surface area contributed by atoms with Gasteiger partial charge >= 0.3 is 0 Å². The molecule has 96 valence electrons. The maximum absolute atomic E-state index is 11.4. The highest BCUT2D eigenvalue weighted by Gasteiger charge is 2.09. The molecule has 0 heterocycles. The lowest BCUT2D eigenvalue weighted by atomic mass is 9.98. The number of anilines is 1. The number of benzene rings is 1. The number of rotatable bonds is 5. The van der Waals surface area contributed by atoms with Gasteiger partial charge in [-0.25, -0.2) is 0 Å². The minimum Gasteiger partial charge on any atom is -0.376 e. The summed E-state index contributed by atoms with van der Waals surface area (Å²) in [7, 11) is 0. The molecule has 0 saturated carbocycles. The highest BCUT2D eigenvalue weighted by molar-refractivity contribution is 5.81. The van der Waals surface area contributed by atoms with E-state index in [1.807, 2.05) is 25.1 Å². The smallest absolute Gasteiger partial charge is 0.240 e. The summed E-state index contributed by atoms with van der Waals surface area (Å²) in [6, 6.07) is 7.98. The van der Waals surface area contributed by atoms with E-state index in [9.17, 15) is 4.79 Å². The number of para-hydroxylation sites is 1. The summed E-state index contributed by atoms with van der Waals surface area (Å²) in [6.07, 6.45) is 0. The van der Waals surface area contributed by atoms with Crippen molar-refractivity contribution in [1.29, 1.82) is 5.26 Å². The maximum Gasteiger partial charge on any atom is 0.240 e. The monoisotopic (exact) mass is 245 g/mol. The Morgan fingerprint density at radius 3 is 2.78 bits per heavy atom. The van der Waals surface area contributed by atoms with E-state index in [0.717, 1.165) is 11.3 Å². The Balaban J connectivity index is 2.72. The van der Waals surface area contributed by atoms with Crippen molar-refractivity contribution in [3.63, 3.8) is 0 Å². The van der Waals surface area contributed by atoms with E-state index in [-0.39, 0.29) is 19.0 Å². The van der Waals surface area contributed by atoms with Crippen molar-refractivity contribution in [3.8, 4) is 6.07 Å². The summed E-state index contributed by atoms with van der Waals surface area (Å²) >= 11 is 0. The van der Waals surface area contributed by atoms with E-state index in [2.05, 4.69) is 30.5 Å². The van der Waals surface area contributed by atoms with Gasteiger partial charge in [-0.1, -0.05) is 32.0 Å². The number of aryl methyl sites for hydroxylation is 1. The third-order valence-electron chi connectivity index (χ3n) is 2.72. The molecular formula is C14H19N3O. The van der Waals surface area contributed by atoms with Crippen molar-refractivity contribution < 1.29 is 4.79 Å². The number of nitrogens with one attached hydrogen (secondary N) is 2. The Kier molecular flexibility index (Phi) is 5.19. The second-order valence-corrected chi connectivity index (χ2v) is 4.48. The molecule has 1 amide bonds. The number of nitriles is 1. The molecule has 0 spiro atoms. The Hall–Kier alpha value is -2.02. The van der Waals surface area contributed by atoms with Crippen LogP contribution in [0.1, 0.15) is 30.9 Å². The van der Waals surface area contributed by atoms with Gasteiger partial charge in [0.2, 0.25) is 5.91 Å². The van der Waals surface area contributed by atoms with Gasteiger partial charge in [-0.2, -0.15) is 5.26 Å². The van der Waals surface area contributed by atoms with Crippen LogP contribution in [0.15, 0.2) is 18.2 Å². The van der Waals surface area contributed by atoms with Crippen LogP contribution in [0.4, 0.5) is 5.69 Å². The number of carbonyl (C=O) groups is 1. The van der Waals surface area contributed by atoms with E-state index in [4.69, 9.17) is 5.26 Å². The predicted octanol–water partition coefficient (Wildman–Crippen LogP) is 2.17. The first kappa shape index (κ1) is 14.0. The molecule has 0 aliphatic heterocycles. The van der Waals surface area contributed by atoms with Gasteiger partial charge < -0.3 is 10.6 Å². The highest BCUT2D eigenvalue weighted by Crippen LogP contribution is 2.26. The zero-order chi connectivity index (χ0) is 13.5. The zero-order valence-electron chi connectivity index (χ0n) is 11.1. The SMILES string of the molecule is Cc1cccc(C(C)C)c1NCC(=O)NCC#N. The van der Waals surface area contributed by atoms with Crippen molar-refractivity contribution in [2.45, 2.75) is 26.7 Å². The third kappa shape index (κ3) is 3.77. The number of amides is 1. The average molecular weight is 245 g/mol. The normalized spacial score (nSPS) is 9.94. The fourth-order valence-electron chi connectivity index (χ4n) is 1.78. The molecular weight excluding hydrogens is 226 g/mol. The van der Waals surface area contributed by atoms with Gasteiger partial charge in [0.1, 0.15) is 6.54 Å². The molecule has 2 N–H and O–H groups in total. The predicted molar refractivity (Wildman–Crippen MR) is 72.4 cm³/mol. The molecule has 0 fully saturated rings. The van der Waals surface area contributed by atoms with Crippen LogP contribution in [0.3, 0.4) is 0 Å². The molecule has 0 unspecified atom stereocenters. The van der Waals surface area contributed by atoms with Crippen LogP contribution in [-0.4, -0.2) is 19.0 Å². The van der Waals surface area contributed by atoms with Gasteiger partial charge in [0.25, 0.3) is 0 Å². The summed E-state index contributed by atoms with van der Waals surface area (Å²) in [6.45, 7) is 6.49. The lowest BCUT2D eigenvalue weighted by Gasteiger charge is -2.16. The quantitative estimate of drug-likeness (QED) is 0.781. The van der Waals surface area contributed by atoms with E-state index >= 15 is 0 Å². The molecule has 4 heteroatoms. The van der Waals surface area contributed by atoms with Gasteiger partial charge in [0.05, 0.1) is 12.6 Å². The van der Waals surface area contributed by atoms with Gasteiger partial charge in [-0.05, 0) is 24.0 Å². The first-order valence-corrected chi connectivity index (χ1v) is 6.03. The maximum atomic E-state index is 11.4. The van der Waals surface area contributed by atoms with Crippen molar-refractivity contribution in [3.05, 3.63) is 29.3 Å². The summed E-state index contributed by atoms with van der Waals surface area (Å²) in [5.41, 5.74) is 3.33. The number of hydrogen-bond acceptors (Lipinski definition) is 3. The molecule has 18 heavy (non-hydrogen) atoms. The average Bonchev–Trinajstić information content (AvgIpc) is 2.34. The first-order valence-electron chi connectivity index (χ1n) is 6.03. The van der Waals surface area contributed by atoms with Crippen molar-refractivity contribution >= 4 is 11.6 Å². The van der Waals surface area contributed by atoms with Gasteiger partial charge in [0.15, 0.2) is 0 Å². The van der Waals surface area contributed by atoms with E-state index < -0.39 is 0 Å². The van der Waals surface area contributed by atoms with Crippen LogP contribution in [0, 0.1) is 18.3 Å². The van der Waals surface area contributed by atoms with E-state index in [1.165, 1.54) is 5.56 Å². The Labute approximate surface area is 108 Å². The van der Waals surface area contributed by atoms with Crippen LogP contribution in [0.25, 0.3) is 0 Å². The van der Waals surface area contributed by atoms with Crippen molar-refractivity contribution in [2.75, 3.05) is 18.4 Å². The molecule has 0 aromatic heterocycles. The Bertz CT molecular complexity index is 461. The molecule has 1 rings (SSSR count). The molecule has 1 aromatic carbocycles. The largest absolute Gasteiger partial charge is 0.376 e. The topological polar surface area (TPSA) is 64.9 Å². The molecule has 0 saturated heterocycles. The van der Waals surface area contributed by atoms with Crippen LogP contribution in [0.2, 0.25) is 0 Å². The molecule has 1 aromatic rings. The molecule has 0 radical (unpaired) electrons. The summed E-state index contributed by atoms with van der Waals surface area (Å²) in [5, 5.41) is 14.0. The fourth-order valence-corrected chi connectivity index (χ4v) is 1.78. The van der Waals surface area contributed by atoms with Crippen LogP contribution < -0.4 is 10.6 Å². The molecule has 0 aliphatic rings. The molecule has 0 atom stereocenters. The Morgan fingerprint density at radius 2 is 2.17 bits per heavy atom. The van der Waals surface area contributed by atoms with Crippen LogP contribution >= 0.6 is 0 Å². The number of hydrogen-bond donors (Lipinski definition) is 2. The fraction of sp³-hybridized carbons (Fsp3) is 0.429. The second kappa shape index (κ2) is 6.65. The third-order valence-corrected chi connectivity index (χ3v) is 2.72. The standard InChI is InChI=1S/C14H19N3O/c1-10(2)12-6-4-5-11(3)14(12)17-9-13(18)16-8-7-15/h4-6,10,17H,8-9H2,1-3H3,(H,16,18). The lowest BCUT2D eigenvalue weighted by molar-refractivity contribution is -0.119. The molecule has 4 nitrogen and oxygen atoms in total.